The number of carbonyl (C=O) groups is 1. The number of aliphatic hydroxyl groups excluding tert-OH is 2. The van der Waals surface area contributed by atoms with Crippen molar-refractivity contribution in [1.29, 1.82) is 0 Å². The van der Waals surface area contributed by atoms with E-state index >= 15 is 0 Å². The average molecular weight is 281 g/mol. The molecule has 0 saturated carbocycles. The molecule has 0 aliphatic rings. The lowest BCUT2D eigenvalue weighted by atomic mass is 10.2. The first-order valence-electron chi connectivity index (χ1n) is 5.84. The van der Waals surface area contributed by atoms with Crippen LogP contribution in [0.15, 0.2) is 12.7 Å². The van der Waals surface area contributed by atoms with Gasteiger partial charge in [-0.15, -0.1) is 0 Å². The van der Waals surface area contributed by atoms with Crippen molar-refractivity contribution >= 4 is 23.0 Å². The molecule has 2 atom stereocenters. The van der Waals surface area contributed by atoms with Gasteiger partial charge in [-0.3, -0.25) is 0 Å². The summed E-state index contributed by atoms with van der Waals surface area (Å²) in [6, 6.07) is 0. The molecule has 0 spiro atoms. The van der Waals surface area contributed by atoms with Gasteiger partial charge in [-0.25, -0.2) is 19.7 Å². The third-order valence-electron chi connectivity index (χ3n) is 2.81. The number of aromatic nitrogens is 4. The summed E-state index contributed by atoms with van der Waals surface area (Å²) in [5.74, 6) is -0.868. The SMILES string of the molecule is CN(C)c1ncnc2c1ncn2CC(O)C(O)C(=O)O. The van der Waals surface area contributed by atoms with Gasteiger partial charge in [0.1, 0.15) is 12.4 Å². The molecule has 20 heavy (non-hydrogen) atoms. The molecule has 2 rings (SSSR count). The van der Waals surface area contributed by atoms with Crippen molar-refractivity contribution in [2.24, 2.45) is 0 Å². The first kappa shape index (κ1) is 14.2. The summed E-state index contributed by atoms with van der Waals surface area (Å²) in [5, 5.41) is 27.6. The van der Waals surface area contributed by atoms with E-state index in [1.807, 2.05) is 14.1 Å². The van der Waals surface area contributed by atoms with Crippen molar-refractivity contribution in [3.63, 3.8) is 0 Å². The molecule has 9 heteroatoms. The monoisotopic (exact) mass is 281 g/mol. The highest BCUT2D eigenvalue weighted by atomic mass is 16.4. The molecule has 108 valence electrons. The number of anilines is 1. The summed E-state index contributed by atoms with van der Waals surface area (Å²) >= 11 is 0. The number of carboxylic acids is 1. The third kappa shape index (κ3) is 2.53. The van der Waals surface area contributed by atoms with E-state index < -0.39 is 18.2 Å². The zero-order chi connectivity index (χ0) is 14.9. The topological polar surface area (TPSA) is 125 Å². The number of aliphatic hydroxyl groups is 2. The van der Waals surface area contributed by atoms with E-state index in [0.29, 0.717) is 17.0 Å². The first-order chi connectivity index (χ1) is 9.41. The van der Waals surface area contributed by atoms with Crippen LogP contribution in [0.25, 0.3) is 11.2 Å². The molecule has 0 radical (unpaired) electrons. The van der Waals surface area contributed by atoms with Gasteiger partial charge >= 0.3 is 5.97 Å². The van der Waals surface area contributed by atoms with Crippen molar-refractivity contribution in [3.05, 3.63) is 12.7 Å². The van der Waals surface area contributed by atoms with E-state index in [0.717, 1.165) is 0 Å². The fraction of sp³-hybridized carbons (Fsp3) is 0.455. The van der Waals surface area contributed by atoms with Crippen LogP contribution >= 0.6 is 0 Å². The Morgan fingerprint density at radius 1 is 1.35 bits per heavy atom. The van der Waals surface area contributed by atoms with Crippen LogP contribution in [0.2, 0.25) is 0 Å². The molecule has 2 heterocycles. The molecule has 9 nitrogen and oxygen atoms in total. The predicted octanol–water partition coefficient (Wildman–Crippen LogP) is -1.30. The number of nitrogens with zero attached hydrogens (tertiary/aromatic N) is 5. The van der Waals surface area contributed by atoms with E-state index in [2.05, 4.69) is 15.0 Å². The second-order valence-electron chi connectivity index (χ2n) is 4.51. The Bertz CT molecular complexity index is 626. The molecule has 0 bridgehead atoms. The molecule has 0 aromatic carbocycles. The smallest absolute Gasteiger partial charge is 0.335 e. The minimum atomic E-state index is -1.86. The second-order valence-corrected chi connectivity index (χ2v) is 4.51. The summed E-state index contributed by atoms with van der Waals surface area (Å²) in [7, 11) is 3.62. The van der Waals surface area contributed by atoms with E-state index in [9.17, 15) is 15.0 Å². The highest BCUT2D eigenvalue weighted by Gasteiger charge is 2.25. The fourth-order valence-electron chi connectivity index (χ4n) is 1.80. The number of aliphatic carboxylic acids is 1. The summed E-state index contributed by atoms with van der Waals surface area (Å²) in [5.41, 5.74) is 0.995. The van der Waals surface area contributed by atoms with Crippen molar-refractivity contribution in [3.8, 4) is 0 Å². The highest BCUT2D eigenvalue weighted by Crippen LogP contribution is 2.19. The van der Waals surface area contributed by atoms with E-state index in [1.165, 1.54) is 17.2 Å². The van der Waals surface area contributed by atoms with Crippen LogP contribution < -0.4 is 4.90 Å². The van der Waals surface area contributed by atoms with Crippen LogP contribution in [0.5, 0.6) is 0 Å². The molecule has 3 N–H and O–H groups in total. The summed E-state index contributed by atoms with van der Waals surface area (Å²) < 4.78 is 1.47. The average Bonchev–Trinajstić information content (AvgIpc) is 2.80. The number of carboxylic acid groups (broad SMARTS) is 1. The minimum absolute atomic E-state index is 0.131. The molecule has 0 fully saturated rings. The molecule has 0 aliphatic carbocycles. The molecular formula is C11H15N5O4. The Morgan fingerprint density at radius 3 is 2.65 bits per heavy atom. The first-order valence-corrected chi connectivity index (χ1v) is 5.84. The minimum Gasteiger partial charge on any atom is -0.479 e. The van der Waals surface area contributed by atoms with Gasteiger partial charge in [0.25, 0.3) is 0 Å². The summed E-state index contributed by atoms with van der Waals surface area (Å²) in [6.45, 7) is -0.131. The highest BCUT2D eigenvalue weighted by molar-refractivity contribution is 5.83. The summed E-state index contributed by atoms with van der Waals surface area (Å²) in [6.07, 6.45) is -0.537. The predicted molar refractivity (Wildman–Crippen MR) is 69.3 cm³/mol. The number of hydrogen-bond donors (Lipinski definition) is 3. The molecule has 0 amide bonds. The Balaban J connectivity index is 2.33. The zero-order valence-electron chi connectivity index (χ0n) is 11.0. The fourth-order valence-corrected chi connectivity index (χ4v) is 1.80. The van der Waals surface area contributed by atoms with Crippen molar-refractivity contribution in [1.82, 2.24) is 19.5 Å². The van der Waals surface area contributed by atoms with Crippen molar-refractivity contribution in [2.45, 2.75) is 18.8 Å². The Morgan fingerprint density at radius 2 is 2.05 bits per heavy atom. The maximum absolute atomic E-state index is 10.6. The van der Waals surface area contributed by atoms with Gasteiger partial charge in [-0.1, -0.05) is 0 Å². The molecule has 0 saturated heterocycles. The lowest BCUT2D eigenvalue weighted by molar-refractivity contribution is -0.153. The van der Waals surface area contributed by atoms with E-state index in [-0.39, 0.29) is 6.54 Å². The van der Waals surface area contributed by atoms with Gasteiger partial charge in [0.2, 0.25) is 0 Å². The maximum atomic E-state index is 10.6. The van der Waals surface area contributed by atoms with Gasteiger partial charge in [0.05, 0.1) is 12.9 Å². The number of rotatable bonds is 5. The maximum Gasteiger partial charge on any atom is 0.335 e. The van der Waals surface area contributed by atoms with E-state index in [4.69, 9.17) is 5.11 Å². The van der Waals surface area contributed by atoms with Crippen LogP contribution in [-0.2, 0) is 11.3 Å². The lowest BCUT2D eigenvalue weighted by Gasteiger charge is -2.15. The van der Waals surface area contributed by atoms with Crippen molar-refractivity contribution in [2.75, 3.05) is 19.0 Å². The van der Waals surface area contributed by atoms with Crippen LogP contribution in [0.1, 0.15) is 0 Å². The Kier molecular flexibility index (Phi) is 3.81. The molecule has 2 aromatic rings. The standard InChI is InChI=1S/C11H15N5O4/c1-15(2)9-7-10(13-4-12-9)16(5-14-7)3-6(17)8(18)11(19)20/h4-6,8,17-18H,3H2,1-2H3,(H,19,20). The van der Waals surface area contributed by atoms with Gasteiger partial charge in [-0.05, 0) is 0 Å². The van der Waals surface area contributed by atoms with Crippen LogP contribution in [0, 0.1) is 0 Å². The van der Waals surface area contributed by atoms with Crippen LogP contribution in [0.3, 0.4) is 0 Å². The van der Waals surface area contributed by atoms with Crippen LogP contribution in [0.4, 0.5) is 5.82 Å². The number of imidazole rings is 1. The van der Waals surface area contributed by atoms with Gasteiger partial charge in [0.15, 0.2) is 23.1 Å². The quantitative estimate of drug-likeness (QED) is 0.617. The van der Waals surface area contributed by atoms with Gasteiger partial charge < -0.3 is 24.8 Å². The molecule has 0 aliphatic heterocycles. The zero-order valence-corrected chi connectivity index (χ0v) is 11.0. The van der Waals surface area contributed by atoms with Crippen LogP contribution in [-0.4, -0.2) is 67.1 Å². The third-order valence-corrected chi connectivity index (χ3v) is 2.81. The number of fused-ring (bicyclic) bond motifs is 1. The number of hydrogen-bond acceptors (Lipinski definition) is 7. The Labute approximate surface area is 114 Å². The second kappa shape index (κ2) is 5.39. The van der Waals surface area contributed by atoms with Gasteiger partial charge in [0, 0.05) is 14.1 Å². The molecule has 2 aromatic heterocycles. The lowest BCUT2D eigenvalue weighted by Crippen LogP contribution is -2.36. The van der Waals surface area contributed by atoms with Crippen molar-refractivity contribution < 1.29 is 20.1 Å². The largest absolute Gasteiger partial charge is 0.479 e. The molecule has 2 unspecified atom stereocenters. The normalized spacial score (nSPS) is 14.2. The Hall–Kier alpha value is -2.26. The summed E-state index contributed by atoms with van der Waals surface area (Å²) in [4.78, 5) is 24.7. The molecular weight excluding hydrogens is 266 g/mol. The van der Waals surface area contributed by atoms with E-state index in [1.54, 1.807) is 4.90 Å². The van der Waals surface area contributed by atoms with Gasteiger partial charge in [-0.2, -0.15) is 0 Å².